The predicted molar refractivity (Wildman–Crippen MR) is 123 cm³/mol. The van der Waals surface area contributed by atoms with Crippen LogP contribution in [-0.2, 0) is 22.2 Å². The Morgan fingerprint density at radius 2 is 1.85 bits per heavy atom. The van der Waals surface area contributed by atoms with Crippen LogP contribution in [0.3, 0.4) is 0 Å². The van der Waals surface area contributed by atoms with Crippen molar-refractivity contribution in [2.45, 2.75) is 63.7 Å². The highest BCUT2D eigenvalue weighted by Gasteiger charge is 2.52. The van der Waals surface area contributed by atoms with Crippen LogP contribution in [-0.4, -0.2) is 16.8 Å². The van der Waals surface area contributed by atoms with Crippen molar-refractivity contribution in [3.8, 4) is 17.6 Å². The van der Waals surface area contributed by atoms with E-state index < -0.39 is 11.7 Å². The minimum Gasteiger partial charge on any atom is -0.395 e. The zero-order chi connectivity index (χ0) is 24.3. The predicted octanol–water partition coefficient (Wildman–Crippen LogP) is 5.84. The van der Waals surface area contributed by atoms with Crippen LogP contribution in [0, 0.1) is 11.3 Å². The van der Waals surface area contributed by atoms with Crippen LogP contribution in [0.25, 0.3) is 10.9 Å². The standard InChI is InChI=1S/C26H25F2N3O3/c1-24(2,3)22-14-16-13-18(6-7-19(16)31(22)12-4-11-29)30-23(32)25(9-10-25)17-5-8-20-21(15-17)34-26(27,28)33-20/h5-8,13-15H,4,9-10,12H2,1-3H3,(H,30,32). The van der Waals surface area contributed by atoms with Crippen LogP contribution in [0.1, 0.15) is 51.3 Å². The molecule has 6 nitrogen and oxygen atoms in total. The first-order valence-corrected chi connectivity index (χ1v) is 11.2. The molecule has 1 aliphatic heterocycles. The van der Waals surface area contributed by atoms with Crippen LogP contribution in [0.4, 0.5) is 14.5 Å². The monoisotopic (exact) mass is 465 g/mol. The molecule has 1 aromatic heterocycles. The molecule has 3 aromatic rings. The Balaban J connectivity index is 1.41. The summed E-state index contributed by atoms with van der Waals surface area (Å²) in [6.45, 7) is 6.99. The van der Waals surface area contributed by atoms with Gasteiger partial charge in [0.2, 0.25) is 5.91 Å². The first-order valence-electron chi connectivity index (χ1n) is 11.2. The number of aromatic nitrogens is 1. The fourth-order valence-corrected chi connectivity index (χ4v) is 4.64. The van der Waals surface area contributed by atoms with Crippen molar-refractivity contribution in [3.63, 3.8) is 0 Å². The number of aryl methyl sites for hydroxylation is 1. The van der Waals surface area contributed by atoms with E-state index in [-0.39, 0.29) is 22.8 Å². The molecule has 0 bridgehead atoms. The molecule has 2 aliphatic rings. The summed E-state index contributed by atoms with van der Waals surface area (Å²) in [4.78, 5) is 13.3. The Bertz CT molecular complexity index is 1340. The number of rotatable bonds is 5. The van der Waals surface area contributed by atoms with Gasteiger partial charge in [0.05, 0.1) is 17.9 Å². The molecular weight excluding hydrogens is 440 g/mol. The van der Waals surface area contributed by atoms with Crippen molar-refractivity contribution < 1.29 is 23.0 Å². The summed E-state index contributed by atoms with van der Waals surface area (Å²) in [5.41, 5.74) is 2.54. The molecule has 0 atom stereocenters. The number of fused-ring (bicyclic) bond motifs is 2. The largest absolute Gasteiger partial charge is 0.586 e. The van der Waals surface area contributed by atoms with Crippen molar-refractivity contribution in [3.05, 3.63) is 53.7 Å². The molecule has 0 radical (unpaired) electrons. The molecule has 0 spiro atoms. The quantitative estimate of drug-likeness (QED) is 0.513. The van der Waals surface area contributed by atoms with Gasteiger partial charge in [-0.15, -0.1) is 8.78 Å². The number of carbonyl (C=O) groups is 1. The number of halogens is 2. The number of nitrogens with one attached hydrogen (secondary N) is 1. The summed E-state index contributed by atoms with van der Waals surface area (Å²) in [5, 5.41) is 13.1. The summed E-state index contributed by atoms with van der Waals surface area (Å²) < 4.78 is 38.0. The summed E-state index contributed by atoms with van der Waals surface area (Å²) in [6, 6.07) is 14.6. The molecule has 176 valence electrons. The van der Waals surface area contributed by atoms with Gasteiger partial charge >= 0.3 is 6.29 Å². The fraction of sp³-hybridized carbons (Fsp3) is 0.385. The molecule has 1 saturated carbocycles. The Morgan fingerprint density at radius 3 is 2.53 bits per heavy atom. The summed E-state index contributed by atoms with van der Waals surface area (Å²) in [5.74, 6) is -0.278. The van der Waals surface area contributed by atoms with E-state index in [4.69, 9.17) is 5.26 Å². The second-order valence-electron chi connectivity index (χ2n) is 9.98. The maximum absolute atomic E-state index is 13.4. The highest BCUT2D eigenvalue weighted by atomic mass is 19.3. The van der Waals surface area contributed by atoms with Gasteiger partial charge in [0.15, 0.2) is 11.5 Å². The Labute approximate surface area is 196 Å². The van der Waals surface area contributed by atoms with Crippen LogP contribution in [0.15, 0.2) is 42.5 Å². The number of nitriles is 1. The number of hydrogen-bond acceptors (Lipinski definition) is 4. The Kier molecular flexibility index (Phi) is 4.87. The summed E-state index contributed by atoms with van der Waals surface area (Å²) in [7, 11) is 0. The molecule has 1 amide bonds. The number of nitrogens with zero attached hydrogens (tertiary/aromatic N) is 2. The van der Waals surface area contributed by atoms with E-state index in [1.165, 1.54) is 12.1 Å². The van der Waals surface area contributed by atoms with E-state index in [0.717, 1.165) is 16.6 Å². The zero-order valence-corrected chi connectivity index (χ0v) is 19.2. The minimum absolute atomic E-state index is 0.0361. The topological polar surface area (TPSA) is 76.3 Å². The third kappa shape index (κ3) is 3.75. The SMILES string of the molecule is CC(C)(C)c1cc2cc(NC(=O)C3(c4ccc5c(c4)OC(F)(F)O5)CC3)ccc2n1CCC#N. The number of alkyl halides is 2. The lowest BCUT2D eigenvalue weighted by Gasteiger charge is -2.21. The van der Waals surface area contributed by atoms with E-state index >= 15 is 0 Å². The smallest absolute Gasteiger partial charge is 0.395 e. The van der Waals surface area contributed by atoms with E-state index in [1.807, 2.05) is 18.2 Å². The molecule has 2 aromatic carbocycles. The lowest BCUT2D eigenvalue weighted by atomic mass is 9.92. The molecule has 34 heavy (non-hydrogen) atoms. The number of carbonyl (C=O) groups excluding carboxylic acids is 1. The van der Waals surface area contributed by atoms with Gasteiger partial charge in [-0.05, 0) is 54.8 Å². The molecule has 8 heteroatoms. The number of hydrogen-bond donors (Lipinski definition) is 1. The highest BCUT2D eigenvalue weighted by molar-refractivity contribution is 6.02. The average molecular weight is 466 g/mol. The second-order valence-corrected chi connectivity index (χ2v) is 9.98. The van der Waals surface area contributed by atoms with E-state index in [2.05, 4.69) is 52.3 Å². The fourth-order valence-electron chi connectivity index (χ4n) is 4.64. The first kappa shape index (κ1) is 22.2. The van der Waals surface area contributed by atoms with Gasteiger partial charge in [-0.25, -0.2) is 0 Å². The average Bonchev–Trinajstić information content (AvgIpc) is 3.39. The van der Waals surface area contributed by atoms with Crippen molar-refractivity contribution in [2.24, 2.45) is 0 Å². The maximum atomic E-state index is 13.4. The lowest BCUT2D eigenvalue weighted by Crippen LogP contribution is -2.27. The van der Waals surface area contributed by atoms with Crippen molar-refractivity contribution in [1.82, 2.24) is 4.57 Å². The van der Waals surface area contributed by atoms with E-state index in [0.29, 0.717) is 37.1 Å². The van der Waals surface area contributed by atoms with Gasteiger partial charge in [-0.3, -0.25) is 4.79 Å². The number of benzene rings is 2. The van der Waals surface area contributed by atoms with Gasteiger partial charge < -0.3 is 19.4 Å². The summed E-state index contributed by atoms with van der Waals surface area (Å²) >= 11 is 0. The maximum Gasteiger partial charge on any atom is 0.586 e. The van der Waals surface area contributed by atoms with Crippen molar-refractivity contribution >= 4 is 22.5 Å². The first-order chi connectivity index (χ1) is 16.0. The van der Waals surface area contributed by atoms with Crippen LogP contribution in [0.2, 0.25) is 0 Å². The molecule has 1 N–H and O–H groups in total. The van der Waals surface area contributed by atoms with Gasteiger partial charge in [0.25, 0.3) is 0 Å². The zero-order valence-electron chi connectivity index (χ0n) is 19.2. The number of amides is 1. The van der Waals surface area contributed by atoms with Gasteiger partial charge in [-0.2, -0.15) is 5.26 Å². The Morgan fingerprint density at radius 1 is 1.12 bits per heavy atom. The Hall–Kier alpha value is -3.60. The van der Waals surface area contributed by atoms with Crippen molar-refractivity contribution in [1.29, 1.82) is 5.26 Å². The van der Waals surface area contributed by atoms with Crippen LogP contribution >= 0.6 is 0 Å². The van der Waals surface area contributed by atoms with Crippen molar-refractivity contribution in [2.75, 3.05) is 5.32 Å². The summed E-state index contributed by atoms with van der Waals surface area (Å²) in [6.07, 6.45) is -2.04. The van der Waals surface area contributed by atoms with Gasteiger partial charge in [0, 0.05) is 34.2 Å². The highest BCUT2D eigenvalue weighted by Crippen LogP contribution is 2.52. The minimum atomic E-state index is -3.69. The van der Waals surface area contributed by atoms with Crippen LogP contribution < -0.4 is 14.8 Å². The number of ether oxygens (including phenoxy) is 2. The third-order valence-corrected chi connectivity index (χ3v) is 6.51. The lowest BCUT2D eigenvalue weighted by molar-refractivity contribution is -0.286. The molecule has 0 unspecified atom stereocenters. The van der Waals surface area contributed by atoms with Crippen LogP contribution in [0.5, 0.6) is 11.5 Å². The molecule has 0 saturated heterocycles. The third-order valence-electron chi connectivity index (χ3n) is 6.51. The molecule has 2 heterocycles. The van der Waals surface area contributed by atoms with E-state index in [1.54, 1.807) is 6.07 Å². The van der Waals surface area contributed by atoms with Gasteiger partial charge in [0.1, 0.15) is 0 Å². The molecular formula is C26H25F2N3O3. The van der Waals surface area contributed by atoms with Gasteiger partial charge in [-0.1, -0.05) is 26.8 Å². The number of anilines is 1. The molecule has 5 rings (SSSR count). The normalized spacial score (nSPS) is 17.4. The van der Waals surface area contributed by atoms with E-state index in [9.17, 15) is 13.6 Å². The second kappa shape index (κ2) is 7.45. The molecule has 1 fully saturated rings. The molecule has 1 aliphatic carbocycles.